The molecular formula is C15H26N2O3S. The summed E-state index contributed by atoms with van der Waals surface area (Å²) in [5.74, 6) is 0. The van der Waals surface area contributed by atoms with E-state index in [0.29, 0.717) is 13.2 Å². The lowest BCUT2D eigenvalue weighted by Gasteiger charge is -2.20. The molecule has 1 amide bonds. The molecule has 1 unspecified atom stereocenters. The average Bonchev–Trinajstić information content (AvgIpc) is 2.85. The molecule has 0 saturated heterocycles. The van der Waals surface area contributed by atoms with Gasteiger partial charge in [0.1, 0.15) is 5.60 Å². The van der Waals surface area contributed by atoms with Crippen molar-refractivity contribution in [1.29, 1.82) is 0 Å². The number of thiophene rings is 1. The summed E-state index contributed by atoms with van der Waals surface area (Å²) in [5.41, 5.74) is 0.658. The van der Waals surface area contributed by atoms with E-state index in [4.69, 9.17) is 9.47 Å². The largest absolute Gasteiger partial charge is 0.444 e. The molecular weight excluding hydrogens is 288 g/mol. The molecule has 0 radical (unpaired) electrons. The Morgan fingerprint density at radius 2 is 2.19 bits per heavy atom. The molecule has 120 valence electrons. The van der Waals surface area contributed by atoms with Gasteiger partial charge in [0, 0.05) is 30.8 Å². The van der Waals surface area contributed by atoms with Gasteiger partial charge in [-0.05, 0) is 45.1 Å². The van der Waals surface area contributed by atoms with Crippen molar-refractivity contribution in [2.24, 2.45) is 0 Å². The van der Waals surface area contributed by atoms with Crippen LogP contribution in [0.15, 0.2) is 16.8 Å². The third kappa shape index (κ3) is 8.57. The number of hydrogen-bond donors (Lipinski definition) is 2. The number of hydrogen-bond acceptors (Lipinski definition) is 5. The lowest BCUT2D eigenvalue weighted by molar-refractivity contribution is 0.0526. The van der Waals surface area contributed by atoms with Crippen LogP contribution >= 0.6 is 11.3 Å². The molecule has 1 rings (SSSR count). The Balaban J connectivity index is 2.23. The third-order valence-electron chi connectivity index (χ3n) is 2.66. The number of rotatable bonds is 8. The van der Waals surface area contributed by atoms with Crippen molar-refractivity contribution in [3.63, 3.8) is 0 Å². The van der Waals surface area contributed by atoms with E-state index < -0.39 is 5.60 Å². The smallest absolute Gasteiger partial charge is 0.407 e. The van der Waals surface area contributed by atoms with E-state index in [1.165, 1.54) is 0 Å². The summed E-state index contributed by atoms with van der Waals surface area (Å²) < 4.78 is 10.4. The van der Waals surface area contributed by atoms with Crippen LogP contribution in [0.3, 0.4) is 0 Å². The first kappa shape index (κ1) is 17.8. The maximum absolute atomic E-state index is 11.5. The van der Waals surface area contributed by atoms with Crippen LogP contribution in [0.25, 0.3) is 0 Å². The van der Waals surface area contributed by atoms with Gasteiger partial charge in [-0.1, -0.05) is 0 Å². The van der Waals surface area contributed by atoms with E-state index in [0.717, 1.165) is 18.5 Å². The molecule has 0 bridgehead atoms. The van der Waals surface area contributed by atoms with Gasteiger partial charge in [-0.2, -0.15) is 11.3 Å². The molecule has 0 aliphatic heterocycles. The van der Waals surface area contributed by atoms with Crippen LogP contribution in [0.4, 0.5) is 10.5 Å². The van der Waals surface area contributed by atoms with Crippen molar-refractivity contribution in [2.45, 2.75) is 45.3 Å². The third-order valence-corrected chi connectivity index (χ3v) is 3.34. The van der Waals surface area contributed by atoms with Gasteiger partial charge in [-0.25, -0.2) is 4.79 Å². The number of amides is 1. The summed E-state index contributed by atoms with van der Waals surface area (Å²) in [5, 5.41) is 10.3. The highest BCUT2D eigenvalue weighted by Crippen LogP contribution is 2.15. The van der Waals surface area contributed by atoms with Crippen LogP contribution in [0, 0.1) is 0 Å². The fraction of sp³-hybridized carbons (Fsp3) is 0.667. The van der Waals surface area contributed by atoms with Gasteiger partial charge in [0.05, 0.1) is 6.61 Å². The Labute approximate surface area is 131 Å². The van der Waals surface area contributed by atoms with Crippen LogP contribution in [-0.2, 0) is 9.47 Å². The number of alkyl carbamates (subject to hydrolysis) is 1. The zero-order valence-corrected chi connectivity index (χ0v) is 14.1. The highest BCUT2D eigenvalue weighted by molar-refractivity contribution is 7.08. The fourth-order valence-corrected chi connectivity index (χ4v) is 2.43. The van der Waals surface area contributed by atoms with E-state index in [1.54, 1.807) is 18.4 Å². The molecule has 2 N–H and O–H groups in total. The normalized spacial score (nSPS) is 12.8. The lowest BCUT2D eigenvalue weighted by atomic mass is 10.1. The summed E-state index contributed by atoms with van der Waals surface area (Å²) in [7, 11) is 1.70. The molecule has 0 spiro atoms. The second-order valence-corrected chi connectivity index (χ2v) is 6.66. The van der Waals surface area contributed by atoms with Gasteiger partial charge in [0.2, 0.25) is 0 Å². The minimum atomic E-state index is -0.455. The Hall–Kier alpha value is -1.27. The molecule has 0 aromatic carbocycles. The zero-order valence-electron chi connectivity index (χ0n) is 13.3. The fourth-order valence-electron chi connectivity index (χ4n) is 1.83. The number of anilines is 1. The molecule has 1 aromatic rings. The first-order chi connectivity index (χ1) is 9.90. The van der Waals surface area contributed by atoms with E-state index in [-0.39, 0.29) is 12.1 Å². The maximum Gasteiger partial charge on any atom is 0.407 e. The second kappa shape index (κ2) is 8.89. The maximum atomic E-state index is 11.5. The van der Waals surface area contributed by atoms with Crippen LogP contribution in [-0.4, -0.2) is 38.0 Å². The number of carbonyl (C=O) groups excluding carboxylic acids is 1. The minimum Gasteiger partial charge on any atom is -0.444 e. The molecule has 0 saturated carbocycles. The van der Waals surface area contributed by atoms with Gasteiger partial charge in [-0.15, -0.1) is 0 Å². The predicted octanol–water partition coefficient (Wildman–Crippen LogP) is 3.48. The first-order valence-corrected chi connectivity index (χ1v) is 8.09. The molecule has 1 atom stereocenters. The zero-order chi connectivity index (χ0) is 15.7. The van der Waals surface area contributed by atoms with E-state index >= 15 is 0 Å². The highest BCUT2D eigenvalue weighted by atomic mass is 32.1. The molecule has 6 heteroatoms. The molecule has 0 fully saturated rings. The standard InChI is InChI=1S/C15H26N2O3S/c1-15(2,3)20-14(18)16-8-5-6-12(10-19-4)17-13-7-9-21-11-13/h7,9,11-12,17H,5-6,8,10H2,1-4H3,(H,16,18). The molecule has 5 nitrogen and oxygen atoms in total. The summed E-state index contributed by atoms with van der Waals surface area (Å²) in [6.45, 7) is 6.80. The van der Waals surface area contributed by atoms with Gasteiger partial charge < -0.3 is 20.1 Å². The lowest BCUT2D eigenvalue weighted by Crippen LogP contribution is -2.33. The highest BCUT2D eigenvalue weighted by Gasteiger charge is 2.15. The second-order valence-electron chi connectivity index (χ2n) is 5.88. The number of ether oxygens (including phenoxy) is 2. The van der Waals surface area contributed by atoms with Gasteiger partial charge in [0.25, 0.3) is 0 Å². The van der Waals surface area contributed by atoms with E-state index in [2.05, 4.69) is 16.0 Å². The Kier molecular flexibility index (Phi) is 7.53. The molecule has 1 heterocycles. The van der Waals surface area contributed by atoms with E-state index in [9.17, 15) is 4.79 Å². The topological polar surface area (TPSA) is 59.6 Å². The van der Waals surface area contributed by atoms with Crippen molar-refractivity contribution in [3.05, 3.63) is 16.8 Å². The first-order valence-electron chi connectivity index (χ1n) is 7.15. The number of methoxy groups -OCH3 is 1. The Bertz CT molecular complexity index is 402. The van der Waals surface area contributed by atoms with E-state index in [1.807, 2.05) is 32.2 Å². The Morgan fingerprint density at radius 3 is 2.76 bits per heavy atom. The van der Waals surface area contributed by atoms with Gasteiger partial charge >= 0.3 is 6.09 Å². The van der Waals surface area contributed by atoms with Crippen LogP contribution < -0.4 is 10.6 Å². The minimum absolute atomic E-state index is 0.241. The average molecular weight is 314 g/mol. The van der Waals surface area contributed by atoms with Crippen molar-refractivity contribution < 1.29 is 14.3 Å². The summed E-state index contributed by atoms with van der Waals surface area (Å²) in [4.78, 5) is 11.5. The SMILES string of the molecule is COCC(CCCNC(=O)OC(C)(C)C)Nc1ccsc1. The van der Waals surface area contributed by atoms with Gasteiger partial charge in [0.15, 0.2) is 0 Å². The Morgan fingerprint density at radius 1 is 1.43 bits per heavy atom. The van der Waals surface area contributed by atoms with Gasteiger partial charge in [-0.3, -0.25) is 0 Å². The number of nitrogens with one attached hydrogen (secondary N) is 2. The number of carbonyl (C=O) groups is 1. The van der Waals surface area contributed by atoms with Crippen molar-refractivity contribution in [2.75, 3.05) is 25.6 Å². The van der Waals surface area contributed by atoms with Crippen molar-refractivity contribution in [3.8, 4) is 0 Å². The van der Waals surface area contributed by atoms with Crippen LogP contribution in [0.5, 0.6) is 0 Å². The van der Waals surface area contributed by atoms with Crippen molar-refractivity contribution >= 4 is 23.1 Å². The summed E-state index contributed by atoms with van der Waals surface area (Å²) in [6, 6.07) is 2.29. The summed E-state index contributed by atoms with van der Waals surface area (Å²) >= 11 is 1.66. The predicted molar refractivity (Wildman–Crippen MR) is 87.1 cm³/mol. The quantitative estimate of drug-likeness (QED) is 0.721. The molecule has 21 heavy (non-hydrogen) atoms. The van der Waals surface area contributed by atoms with Crippen molar-refractivity contribution in [1.82, 2.24) is 5.32 Å². The monoisotopic (exact) mass is 314 g/mol. The van der Waals surface area contributed by atoms with Crippen LogP contribution in [0.1, 0.15) is 33.6 Å². The summed E-state index contributed by atoms with van der Waals surface area (Å²) in [6.07, 6.45) is 1.42. The molecule has 0 aliphatic carbocycles. The molecule has 1 aromatic heterocycles. The van der Waals surface area contributed by atoms with Crippen LogP contribution in [0.2, 0.25) is 0 Å². The molecule has 0 aliphatic rings.